The molecule has 3 aromatic rings. The molecule has 0 bridgehead atoms. The minimum Gasteiger partial charge on any atom is -0.459 e. The molecule has 1 amide bonds. The number of rotatable bonds is 6. The molecule has 0 spiro atoms. The predicted molar refractivity (Wildman–Crippen MR) is 94.8 cm³/mol. The van der Waals surface area contributed by atoms with E-state index in [1.807, 2.05) is 66.4 Å². The standard InChI is InChI=1S/C21H21NO2/c1-17-13-15-24-20(17)21(23)22(16-19-10-6-3-7-11-19)14-12-18-8-4-2-5-9-18/h2-11,13,15H,12,14,16H2,1H3. The molecule has 1 heterocycles. The lowest BCUT2D eigenvalue weighted by molar-refractivity contribution is 0.0712. The quantitative estimate of drug-likeness (QED) is 0.671. The third-order valence-electron chi connectivity index (χ3n) is 4.07. The average Bonchev–Trinajstić information content (AvgIpc) is 3.06. The molecule has 0 atom stereocenters. The molecule has 0 aliphatic rings. The lowest BCUT2D eigenvalue weighted by atomic mass is 10.1. The average molecular weight is 319 g/mol. The smallest absolute Gasteiger partial charge is 0.290 e. The Morgan fingerprint density at radius 2 is 1.54 bits per heavy atom. The number of carbonyl (C=O) groups excluding carboxylic acids is 1. The second-order valence-electron chi connectivity index (χ2n) is 5.88. The van der Waals surface area contributed by atoms with E-state index >= 15 is 0 Å². The third-order valence-corrected chi connectivity index (χ3v) is 4.07. The van der Waals surface area contributed by atoms with Gasteiger partial charge < -0.3 is 9.32 Å². The van der Waals surface area contributed by atoms with Crippen molar-refractivity contribution >= 4 is 5.91 Å². The highest BCUT2D eigenvalue weighted by Crippen LogP contribution is 2.15. The number of benzene rings is 2. The highest BCUT2D eigenvalue weighted by atomic mass is 16.3. The first-order chi connectivity index (χ1) is 11.7. The summed E-state index contributed by atoms with van der Waals surface area (Å²) in [6.07, 6.45) is 2.39. The molecule has 122 valence electrons. The van der Waals surface area contributed by atoms with Crippen LogP contribution in [0, 0.1) is 6.92 Å². The summed E-state index contributed by atoms with van der Waals surface area (Å²) in [7, 11) is 0. The molecule has 0 saturated carbocycles. The lowest BCUT2D eigenvalue weighted by Gasteiger charge is -2.22. The number of furan rings is 1. The van der Waals surface area contributed by atoms with E-state index in [-0.39, 0.29) is 5.91 Å². The zero-order valence-corrected chi connectivity index (χ0v) is 13.8. The molecule has 0 N–H and O–H groups in total. The Labute approximate surface area is 142 Å². The largest absolute Gasteiger partial charge is 0.459 e. The Hall–Kier alpha value is -2.81. The van der Waals surface area contributed by atoms with Gasteiger partial charge >= 0.3 is 0 Å². The van der Waals surface area contributed by atoms with Crippen molar-refractivity contribution in [3.05, 3.63) is 95.4 Å². The van der Waals surface area contributed by atoms with E-state index in [1.54, 1.807) is 6.26 Å². The molecule has 0 radical (unpaired) electrons. The van der Waals surface area contributed by atoms with Crippen molar-refractivity contribution in [2.75, 3.05) is 6.54 Å². The zero-order valence-electron chi connectivity index (χ0n) is 13.8. The van der Waals surface area contributed by atoms with Crippen LogP contribution in [0.4, 0.5) is 0 Å². The number of hydrogen-bond acceptors (Lipinski definition) is 2. The molecule has 3 heteroatoms. The van der Waals surface area contributed by atoms with Crippen LogP contribution in [0.5, 0.6) is 0 Å². The number of hydrogen-bond donors (Lipinski definition) is 0. The first-order valence-electron chi connectivity index (χ1n) is 8.15. The molecule has 0 fully saturated rings. The maximum atomic E-state index is 12.9. The van der Waals surface area contributed by atoms with Crippen LogP contribution in [-0.2, 0) is 13.0 Å². The lowest BCUT2D eigenvalue weighted by Crippen LogP contribution is -2.32. The van der Waals surface area contributed by atoms with Gasteiger partial charge in [0, 0.05) is 18.7 Å². The van der Waals surface area contributed by atoms with Crippen LogP contribution < -0.4 is 0 Å². The summed E-state index contributed by atoms with van der Waals surface area (Å²) < 4.78 is 5.41. The van der Waals surface area contributed by atoms with E-state index in [2.05, 4.69) is 12.1 Å². The summed E-state index contributed by atoms with van der Waals surface area (Å²) in [5.74, 6) is 0.372. The Bertz CT molecular complexity index is 778. The van der Waals surface area contributed by atoms with Crippen molar-refractivity contribution in [1.29, 1.82) is 0 Å². The van der Waals surface area contributed by atoms with Crippen LogP contribution in [0.15, 0.2) is 77.4 Å². The van der Waals surface area contributed by atoms with Gasteiger partial charge in [-0.15, -0.1) is 0 Å². The Morgan fingerprint density at radius 3 is 2.12 bits per heavy atom. The maximum Gasteiger partial charge on any atom is 0.290 e. The fourth-order valence-corrected chi connectivity index (χ4v) is 2.70. The second kappa shape index (κ2) is 7.64. The normalized spacial score (nSPS) is 10.5. The molecule has 0 aliphatic heterocycles. The minimum absolute atomic E-state index is 0.0581. The van der Waals surface area contributed by atoms with Crippen LogP contribution in [0.1, 0.15) is 27.2 Å². The molecular formula is C21H21NO2. The molecule has 1 aromatic heterocycles. The predicted octanol–water partition coefficient (Wildman–Crippen LogP) is 4.47. The van der Waals surface area contributed by atoms with Crippen molar-refractivity contribution in [3.63, 3.8) is 0 Å². The Kier molecular flexibility index (Phi) is 5.12. The van der Waals surface area contributed by atoms with Crippen LogP contribution in [-0.4, -0.2) is 17.4 Å². The van der Waals surface area contributed by atoms with Gasteiger partial charge in [0.2, 0.25) is 0 Å². The van der Waals surface area contributed by atoms with Gasteiger partial charge in [-0.1, -0.05) is 60.7 Å². The van der Waals surface area contributed by atoms with Crippen molar-refractivity contribution in [2.45, 2.75) is 19.9 Å². The molecule has 2 aromatic carbocycles. The van der Waals surface area contributed by atoms with Crippen LogP contribution in [0.3, 0.4) is 0 Å². The van der Waals surface area contributed by atoms with Crippen molar-refractivity contribution in [1.82, 2.24) is 4.90 Å². The Morgan fingerprint density at radius 1 is 0.917 bits per heavy atom. The van der Waals surface area contributed by atoms with E-state index in [4.69, 9.17) is 4.42 Å². The monoisotopic (exact) mass is 319 g/mol. The van der Waals surface area contributed by atoms with Gasteiger partial charge in [-0.25, -0.2) is 0 Å². The number of carbonyl (C=O) groups is 1. The van der Waals surface area contributed by atoms with Gasteiger partial charge in [-0.3, -0.25) is 4.79 Å². The Balaban J connectivity index is 1.78. The number of aryl methyl sites for hydroxylation is 1. The molecule has 0 saturated heterocycles. The minimum atomic E-state index is -0.0581. The van der Waals surface area contributed by atoms with Crippen LogP contribution in [0.2, 0.25) is 0 Å². The molecular weight excluding hydrogens is 298 g/mol. The first-order valence-corrected chi connectivity index (χ1v) is 8.15. The van der Waals surface area contributed by atoms with E-state index in [0.717, 1.165) is 17.5 Å². The van der Waals surface area contributed by atoms with E-state index in [1.165, 1.54) is 5.56 Å². The third kappa shape index (κ3) is 3.93. The van der Waals surface area contributed by atoms with Gasteiger partial charge in [0.25, 0.3) is 5.91 Å². The SMILES string of the molecule is Cc1ccoc1C(=O)N(CCc1ccccc1)Cc1ccccc1. The summed E-state index contributed by atoms with van der Waals surface area (Å²) >= 11 is 0. The molecule has 0 aliphatic carbocycles. The summed E-state index contributed by atoms with van der Waals surface area (Å²) in [6, 6.07) is 22.1. The molecule has 24 heavy (non-hydrogen) atoms. The van der Waals surface area contributed by atoms with E-state index in [0.29, 0.717) is 18.8 Å². The van der Waals surface area contributed by atoms with E-state index in [9.17, 15) is 4.79 Å². The van der Waals surface area contributed by atoms with Crippen molar-refractivity contribution in [3.8, 4) is 0 Å². The van der Waals surface area contributed by atoms with Gasteiger partial charge in [-0.2, -0.15) is 0 Å². The highest BCUT2D eigenvalue weighted by molar-refractivity contribution is 5.92. The number of nitrogens with zero attached hydrogens (tertiary/aromatic N) is 1. The summed E-state index contributed by atoms with van der Waals surface area (Å²) in [4.78, 5) is 14.7. The molecule has 3 nitrogen and oxygen atoms in total. The van der Waals surface area contributed by atoms with Crippen LogP contribution in [0.25, 0.3) is 0 Å². The second-order valence-corrected chi connectivity index (χ2v) is 5.88. The fourth-order valence-electron chi connectivity index (χ4n) is 2.70. The highest BCUT2D eigenvalue weighted by Gasteiger charge is 2.20. The summed E-state index contributed by atoms with van der Waals surface area (Å²) in [5.41, 5.74) is 3.21. The van der Waals surface area contributed by atoms with Crippen molar-refractivity contribution < 1.29 is 9.21 Å². The van der Waals surface area contributed by atoms with Gasteiger partial charge in [0.1, 0.15) is 0 Å². The summed E-state index contributed by atoms with van der Waals surface area (Å²) in [6.45, 7) is 3.12. The maximum absolute atomic E-state index is 12.9. The topological polar surface area (TPSA) is 33.5 Å². The van der Waals surface area contributed by atoms with Crippen molar-refractivity contribution in [2.24, 2.45) is 0 Å². The van der Waals surface area contributed by atoms with Gasteiger partial charge in [0.15, 0.2) is 5.76 Å². The molecule has 3 rings (SSSR count). The van der Waals surface area contributed by atoms with Crippen LogP contribution >= 0.6 is 0 Å². The number of amides is 1. The van der Waals surface area contributed by atoms with E-state index < -0.39 is 0 Å². The van der Waals surface area contributed by atoms with Gasteiger partial charge in [-0.05, 0) is 30.5 Å². The zero-order chi connectivity index (χ0) is 16.8. The van der Waals surface area contributed by atoms with Gasteiger partial charge in [0.05, 0.1) is 6.26 Å². The molecule has 0 unspecified atom stereocenters. The fraction of sp³-hybridized carbons (Fsp3) is 0.190. The first kappa shape index (κ1) is 16.1. The summed E-state index contributed by atoms with van der Waals surface area (Å²) in [5, 5.41) is 0.